The van der Waals surface area contributed by atoms with Crippen LogP contribution in [0.2, 0.25) is 0 Å². The van der Waals surface area contributed by atoms with Gasteiger partial charge in [0.05, 0.1) is 19.1 Å². The van der Waals surface area contributed by atoms with Gasteiger partial charge in [-0.25, -0.2) is 0 Å². The van der Waals surface area contributed by atoms with Crippen LogP contribution in [-0.4, -0.2) is 48.4 Å². The molecule has 1 aromatic carbocycles. The van der Waals surface area contributed by atoms with Gasteiger partial charge in [-0.15, -0.1) is 0 Å². The highest BCUT2D eigenvalue weighted by Crippen LogP contribution is 2.37. The van der Waals surface area contributed by atoms with Crippen molar-refractivity contribution in [3.05, 3.63) is 28.7 Å². The van der Waals surface area contributed by atoms with Crippen LogP contribution in [0.15, 0.2) is 23.1 Å². The molecule has 0 bridgehead atoms. The number of benzene rings is 1. The van der Waals surface area contributed by atoms with Crippen molar-refractivity contribution in [2.24, 2.45) is 0 Å². The molecule has 2 amide bonds. The molecular formula is C18H21NO6S. The monoisotopic (exact) mass is 379 g/mol. The first kappa shape index (κ1) is 19.8. The molecule has 8 heteroatoms. The van der Waals surface area contributed by atoms with Crippen molar-refractivity contribution < 1.29 is 28.6 Å². The number of rotatable bonds is 5. The van der Waals surface area contributed by atoms with Gasteiger partial charge in [0, 0.05) is 5.56 Å². The summed E-state index contributed by atoms with van der Waals surface area (Å²) < 4.78 is 15.7. The lowest BCUT2D eigenvalue weighted by molar-refractivity contribution is -0.156. The fraction of sp³-hybridized carbons (Fsp3) is 0.389. The number of thioether (sulfide) groups is 1. The van der Waals surface area contributed by atoms with Crippen LogP contribution < -0.4 is 9.47 Å². The van der Waals surface area contributed by atoms with E-state index in [1.165, 1.54) is 14.2 Å². The molecule has 1 heterocycles. The molecule has 0 atom stereocenters. The first-order valence-corrected chi connectivity index (χ1v) is 8.66. The molecule has 0 saturated carbocycles. The van der Waals surface area contributed by atoms with Gasteiger partial charge in [0.25, 0.3) is 11.1 Å². The number of hydrogen-bond donors (Lipinski definition) is 0. The number of carbonyl (C=O) groups excluding carboxylic acids is 3. The third-order valence-electron chi connectivity index (χ3n) is 3.30. The Labute approximate surface area is 156 Å². The van der Waals surface area contributed by atoms with Gasteiger partial charge in [0.1, 0.15) is 12.1 Å². The molecule has 0 radical (unpaired) electrons. The fourth-order valence-corrected chi connectivity index (χ4v) is 3.14. The van der Waals surface area contributed by atoms with E-state index in [1.54, 1.807) is 45.0 Å². The van der Waals surface area contributed by atoms with Crippen LogP contribution in [0, 0.1) is 0 Å². The van der Waals surface area contributed by atoms with Crippen LogP contribution in [0.1, 0.15) is 26.3 Å². The molecule has 1 saturated heterocycles. The lowest BCUT2D eigenvalue weighted by Gasteiger charge is -2.21. The van der Waals surface area contributed by atoms with E-state index in [1.807, 2.05) is 0 Å². The third-order valence-corrected chi connectivity index (χ3v) is 4.21. The van der Waals surface area contributed by atoms with Crippen LogP contribution in [-0.2, 0) is 14.3 Å². The molecule has 1 aliphatic heterocycles. The Morgan fingerprint density at radius 3 is 2.46 bits per heavy atom. The number of imide groups is 1. The van der Waals surface area contributed by atoms with Gasteiger partial charge in [0.15, 0.2) is 11.5 Å². The smallest absolute Gasteiger partial charge is 0.326 e. The number of methoxy groups -OCH3 is 2. The standard InChI is InChI=1S/C18H21NO6S/c1-18(2,3)25-14(20)10-19-16(21)13(26-17(19)22)9-11-7-6-8-12(23-4)15(11)24-5/h6-9H,10H2,1-5H3/b13-9+. The van der Waals surface area contributed by atoms with E-state index < -0.39 is 29.3 Å². The Kier molecular flexibility index (Phi) is 5.97. The topological polar surface area (TPSA) is 82.1 Å². The SMILES string of the molecule is COc1cccc(/C=C2/SC(=O)N(CC(=O)OC(C)(C)C)C2=O)c1OC. The fourth-order valence-electron chi connectivity index (χ4n) is 2.31. The minimum Gasteiger partial charge on any atom is -0.493 e. The average molecular weight is 379 g/mol. The van der Waals surface area contributed by atoms with Crippen LogP contribution in [0.3, 0.4) is 0 Å². The lowest BCUT2D eigenvalue weighted by atomic mass is 10.1. The van der Waals surface area contributed by atoms with Crippen LogP contribution >= 0.6 is 11.8 Å². The maximum absolute atomic E-state index is 12.5. The Morgan fingerprint density at radius 1 is 1.19 bits per heavy atom. The second kappa shape index (κ2) is 7.82. The summed E-state index contributed by atoms with van der Waals surface area (Å²) in [6, 6.07) is 5.21. The lowest BCUT2D eigenvalue weighted by Crippen LogP contribution is -2.37. The summed E-state index contributed by atoms with van der Waals surface area (Å²) in [7, 11) is 3.00. The van der Waals surface area contributed by atoms with Crippen molar-refractivity contribution >= 4 is 35.0 Å². The second-order valence-corrected chi connectivity index (χ2v) is 7.43. The molecule has 1 aromatic rings. The molecule has 0 unspecified atom stereocenters. The molecule has 1 fully saturated rings. The van der Waals surface area contributed by atoms with Crippen molar-refractivity contribution in [2.45, 2.75) is 26.4 Å². The number of amides is 2. The first-order valence-electron chi connectivity index (χ1n) is 7.84. The Balaban J connectivity index is 2.23. The number of ether oxygens (including phenoxy) is 3. The van der Waals surface area contributed by atoms with E-state index in [0.717, 1.165) is 16.7 Å². The normalized spacial score (nSPS) is 16.2. The quantitative estimate of drug-likeness (QED) is 0.574. The first-order chi connectivity index (χ1) is 12.2. The number of hydrogen-bond acceptors (Lipinski definition) is 7. The molecule has 7 nitrogen and oxygen atoms in total. The van der Waals surface area contributed by atoms with Gasteiger partial charge in [-0.1, -0.05) is 12.1 Å². The van der Waals surface area contributed by atoms with Crippen LogP contribution in [0.5, 0.6) is 11.5 Å². The Bertz CT molecular complexity index is 765. The van der Waals surface area contributed by atoms with Gasteiger partial charge in [-0.2, -0.15) is 0 Å². The highest BCUT2D eigenvalue weighted by molar-refractivity contribution is 8.18. The third kappa shape index (κ3) is 4.57. The van der Waals surface area contributed by atoms with Crippen LogP contribution in [0.4, 0.5) is 4.79 Å². The summed E-state index contributed by atoms with van der Waals surface area (Å²) in [5.41, 5.74) is -0.0996. The number of para-hydroxylation sites is 1. The van der Waals surface area contributed by atoms with E-state index in [9.17, 15) is 14.4 Å². The molecule has 2 rings (SSSR count). The minimum atomic E-state index is -0.692. The summed E-state index contributed by atoms with van der Waals surface area (Å²) in [4.78, 5) is 37.6. The van der Waals surface area contributed by atoms with E-state index in [0.29, 0.717) is 17.1 Å². The molecule has 0 spiro atoms. The van der Waals surface area contributed by atoms with E-state index in [-0.39, 0.29) is 4.91 Å². The highest BCUT2D eigenvalue weighted by atomic mass is 32.2. The largest absolute Gasteiger partial charge is 0.493 e. The van der Waals surface area contributed by atoms with E-state index >= 15 is 0 Å². The molecular weight excluding hydrogens is 358 g/mol. The van der Waals surface area contributed by atoms with Crippen molar-refractivity contribution in [3.8, 4) is 11.5 Å². The van der Waals surface area contributed by atoms with Crippen molar-refractivity contribution in [1.82, 2.24) is 4.90 Å². The molecule has 1 aliphatic rings. The predicted molar refractivity (Wildman–Crippen MR) is 98.1 cm³/mol. The van der Waals surface area contributed by atoms with Gasteiger partial charge in [0.2, 0.25) is 0 Å². The Hall–Kier alpha value is -2.48. The molecule has 140 valence electrons. The minimum absolute atomic E-state index is 0.199. The molecule has 0 aliphatic carbocycles. The van der Waals surface area contributed by atoms with Gasteiger partial charge < -0.3 is 14.2 Å². The number of nitrogens with zero attached hydrogens (tertiary/aromatic N) is 1. The summed E-state index contributed by atoms with van der Waals surface area (Å²) in [5, 5.41) is -0.519. The van der Waals surface area contributed by atoms with Gasteiger partial charge >= 0.3 is 5.97 Å². The molecule has 0 aromatic heterocycles. The zero-order valence-electron chi connectivity index (χ0n) is 15.3. The Morgan fingerprint density at radius 2 is 1.88 bits per heavy atom. The van der Waals surface area contributed by atoms with E-state index in [2.05, 4.69) is 0 Å². The molecule has 0 N–H and O–H groups in total. The summed E-state index contributed by atoms with van der Waals surface area (Å²) in [6.07, 6.45) is 1.54. The van der Waals surface area contributed by atoms with Crippen molar-refractivity contribution in [2.75, 3.05) is 20.8 Å². The predicted octanol–water partition coefficient (Wildman–Crippen LogP) is 3.08. The zero-order chi connectivity index (χ0) is 19.5. The van der Waals surface area contributed by atoms with Crippen molar-refractivity contribution in [1.29, 1.82) is 0 Å². The summed E-state index contributed by atoms with van der Waals surface area (Å²) in [6.45, 7) is 4.73. The van der Waals surface area contributed by atoms with E-state index in [4.69, 9.17) is 14.2 Å². The zero-order valence-corrected chi connectivity index (χ0v) is 16.1. The summed E-state index contributed by atoms with van der Waals surface area (Å²) >= 11 is 0.764. The number of carbonyl (C=O) groups is 3. The summed E-state index contributed by atoms with van der Waals surface area (Å²) in [5.74, 6) is -0.223. The maximum Gasteiger partial charge on any atom is 0.326 e. The maximum atomic E-state index is 12.5. The van der Waals surface area contributed by atoms with Gasteiger partial charge in [-0.3, -0.25) is 19.3 Å². The van der Waals surface area contributed by atoms with Gasteiger partial charge in [-0.05, 0) is 44.7 Å². The second-order valence-electron chi connectivity index (χ2n) is 6.44. The number of esters is 1. The molecule has 26 heavy (non-hydrogen) atoms. The average Bonchev–Trinajstić information content (AvgIpc) is 2.80. The highest BCUT2D eigenvalue weighted by Gasteiger charge is 2.37. The van der Waals surface area contributed by atoms with Crippen molar-refractivity contribution in [3.63, 3.8) is 0 Å². The van der Waals surface area contributed by atoms with Crippen LogP contribution in [0.25, 0.3) is 6.08 Å².